The summed E-state index contributed by atoms with van der Waals surface area (Å²) in [6.07, 6.45) is 0.950. The molecule has 188 valence electrons. The van der Waals surface area contributed by atoms with Crippen molar-refractivity contribution in [1.82, 2.24) is 24.5 Å². The van der Waals surface area contributed by atoms with E-state index in [1.165, 1.54) is 23.0 Å². The summed E-state index contributed by atoms with van der Waals surface area (Å²) in [5.74, 6) is 5.64. The Balaban J connectivity index is 1.50. The van der Waals surface area contributed by atoms with E-state index < -0.39 is 12.0 Å². The van der Waals surface area contributed by atoms with Crippen LogP contribution in [0.15, 0.2) is 78.0 Å². The van der Waals surface area contributed by atoms with Gasteiger partial charge in [0.15, 0.2) is 0 Å². The second-order valence-corrected chi connectivity index (χ2v) is 8.50. The first kappa shape index (κ1) is 24.8. The lowest BCUT2D eigenvalue weighted by Gasteiger charge is -2.18. The molecule has 0 amide bonds. The standard InChI is InChI=1S/C27H19ClFN7O2/c28-20-7-4-8-21-24(20)27(38)36(18-5-2-1-3-6-18)22(34-21)13-23(37)35-26-19(25(30)32-15-33-26)12-11-17-10-9-16(29)14-31-17/h1-10,14-15,23,37H,13H2,(H3,30,32,33,35). The van der Waals surface area contributed by atoms with Gasteiger partial charge in [-0.2, -0.15) is 0 Å². The average Bonchev–Trinajstić information content (AvgIpc) is 2.90. The number of nitrogens with two attached hydrogens (primary N) is 1. The van der Waals surface area contributed by atoms with Crippen molar-refractivity contribution in [3.05, 3.63) is 111 Å². The maximum Gasteiger partial charge on any atom is 0.267 e. The lowest BCUT2D eigenvalue weighted by atomic mass is 10.2. The third kappa shape index (κ3) is 5.15. The molecule has 1 unspecified atom stereocenters. The molecule has 2 aromatic carbocycles. The number of hydrogen-bond donors (Lipinski definition) is 3. The number of para-hydroxylation sites is 1. The molecule has 38 heavy (non-hydrogen) atoms. The van der Waals surface area contributed by atoms with Crippen molar-refractivity contribution in [1.29, 1.82) is 0 Å². The molecule has 1 atom stereocenters. The van der Waals surface area contributed by atoms with Gasteiger partial charge in [-0.1, -0.05) is 41.8 Å². The molecule has 0 saturated carbocycles. The summed E-state index contributed by atoms with van der Waals surface area (Å²) in [7, 11) is 0. The largest absolute Gasteiger partial charge is 0.382 e. The molecule has 9 nitrogen and oxygen atoms in total. The number of benzene rings is 2. The van der Waals surface area contributed by atoms with Crippen molar-refractivity contribution < 1.29 is 9.50 Å². The normalized spacial score (nSPS) is 11.6. The Kier molecular flexibility index (Phi) is 6.95. The van der Waals surface area contributed by atoms with Gasteiger partial charge in [-0.15, -0.1) is 0 Å². The molecule has 3 heterocycles. The van der Waals surface area contributed by atoms with E-state index >= 15 is 0 Å². The number of nitrogens with one attached hydrogen (secondary N) is 1. The maximum absolute atomic E-state index is 13.5. The predicted octanol–water partition coefficient (Wildman–Crippen LogP) is 3.32. The van der Waals surface area contributed by atoms with Gasteiger partial charge >= 0.3 is 0 Å². The van der Waals surface area contributed by atoms with Crippen LogP contribution in [0.4, 0.5) is 16.0 Å². The predicted molar refractivity (Wildman–Crippen MR) is 142 cm³/mol. The summed E-state index contributed by atoms with van der Waals surface area (Å²) in [4.78, 5) is 30.1. The van der Waals surface area contributed by atoms with Crippen molar-refractivity contribution in [3.8, 4) is 17.5 Å². The second-order valence-electron chi connectivity index (χ2n) is 8.10. The van der Waals surface area contributed by atoms with Crippen LogP contribution in [0.1, 0.15) is 17.1 Å². The Hall–Kier alpha value is -4.85. The van der Waals surface area contributed by atoms with Crippen molar-refractivity contribution in [2.75, 3.05) is 11.1 Å². The number of rotatable bonds is 5. The van der Waals surface area contributed by atoms with Gasteiger partial charge in [0.2, 0.25) is 0 Å². The molecule has 5 aromatic rings. The Bertz CT molecular complexity index is 1750. The number of hydrogen-bond acceptors (Lipinski definition) is 8. The monoisotopic (exact) mass is 527 g/mol. The molecule has 3 aromatic heterocycles. The summed E-state index contributed by atoms with van der Waals surface area (Å²) in [6.45, 7) is 0. The molecule has 0 fully saturated rings. The van der Waals surface area contributed by atoms with Crippen LogP contribution in [0.25, 0.3) is 16.6 Å². The van der Waals surface area contributed by atoms with Gasteiger partial charge < -0.3 is 16.2 Å². The molecule has 4 N–H and O–H groups in total. The smallest absolute Gasteiger partial charge is 0.267 e. The van der Waals surface area contributed by atoms with Gasteiger partial charge in [-0.05, 0) is 42.3 Å². The minimum Gasteiger partial charge on any atom is -0.382 e. The molecule has 0 radical (unpaired) electrons. The van der Waals surface area contributed by atoms with Crippen LogP contribution >= 0.6 is 11.6 Å². The van der Waals surface area contributed by atoms with E-state index in [-0.39, 0.29) is 39.6 Å². The van der Waals surface area contributed by atoms with E-state index in [2.05, 4.69) is 37.1 Å². The molecule has 0 aliphatic carbocycles. The molecular formula is C27H19ClFN7O2. The first-order valence-corrected chi connectivity index (χ1v) is 11.7. The first-order valence-electron chi connectivity index (χ1n) is 11.3. The highest BCUT2D eigenvalue weighted by atomic mass is 35.5. The number of nitrogens with zero attached hydrogens (tertiary/aromatic N) is 5. The Morgan fingerprint density at radius 2 is 1.87 bits per heavy atom. The quantitative estimate of drug-likeness (QED) is 0.234. The fourth-order valence-corrected chi connectivity index (χ4v) is 4.06. The fraction of sp³-hybridized carbons (Fsp3) is 0.0741. The minimum absolute atomic E-state index is 0.0731. The van der Waals surface area contributed by atoms with Gasteiger partial charge in [0.05, 0.1) is 34.2 Å². The molecule has 0 spiro atoms. The van der Waals surface area contributed by atoms with E-state index in [0.29, 0.717) is 22.7 Å². The van der Waals surface area contributed by atoms with Gasteiger partial charge in [0.25, 0.3) is 5.56 Å². The van der Waals surface area contributed by atoms with Gasteiger partial charge in [0.1, 0.15) is 47.1 Å². The van der Waals surface area contributed by atoms with Crippen LogP contribution < -0.4 is 16.6 Å². The van der Waals surface area contributed by atoms with Crippen LogP contribution in [0.5, 0.6) is 0 Å². The number of halogens is 2. The third-order valence-corrected chi connectivity index (χ3v) is 5.84. The van der Waals surface area contributed by atoms with Gasteiger partial charge in [-0.25, -0.2) is 24.3 Å². The molecule has 11 heteroatoms. The van der Waals surface area contributed by atoms with Crippen LogP contribution in [-0.4, -0.2) is 35.8 Å². The Morgan fingerprint density at radius 3 is 2.63 bits per heavy atom. The SMILES string of the molecule is Nc1ncnc(NC(O)Cc2nc3cccc(Cl)c3c(=O)n2-c2ccccc2)c1C#Cc1ccc(F)cn1. The summed E-state index contributed by atoms with van der Waals surface area (Å²) in [6, 6.07) is 16.6. The van der Waals surface area contributed by atoms with Gasteiger partial charge in [-0.3, -0.25) is 9.36 Å². The molecule has 0 aliphatic rings. The topological polar surface area (TPSA) is 132 Å². The maximum atomic E-state index is 13.5. The van der Waals surface area contributed by atoms with E-state index in [1.54, 1.807) is 42.5 Å². The van der Waals surface area contributed by atoms with E-state index in [0.717, 1.165) is 6.20 Å². The van der Waals surface area contributed by atoms with Crippen molar-refractivity contribution in [3.63, 3.8) is 0 Å². The molecular weight excluding hydrogens is 509 g/mol. The van der Waals surface area contributed by atoms with Crippen molar-refractivity contribution in [2.24, 2.45) is 0 Å². The zero-order valence-corrected chi connectivity index (χ0v) is 20.4. The summed E-state index contributed by atoms with van der Waals surface area (Å²) in [5, 5.41) is 14.4. The first-order chi connectivity index (χ1) is 18.4. The Morgan fingerprint density at radius 1 is 1.05 bits per heavy atom. The highest BCUT2D eigenvalue weighted by Crippen LogP contribution is 2.22. The summed E-state index contributed by atoms with van der Waals surface area (Å²) < 4.78 is 14.6. The number of pyridine rings is 1. The summed E-state index contributed by atoms with van der Waals surface area (Å²) in [5.41, 5.74) is 7.15. The number of anilines is 2. The zero-order chi connectivity index (χ0) is 26.6. The Labute approximate surface area is 220 Å². The summed E-state index contributed by atoms with van der Waals surface area (Å²) >= 11 is 6.32. The highest BCUT2D eigenvalue weighted by Gasteiger charge is 2.19. The zero-order valence-electron chi connectivity index (χ0n) is 19.6. The van der Waals surface area contributed by atoms with E-state index in [1.807, 2.05) is 6.07 Å². The van der Waals surface area contributed by atoms with Crippen LogP contribution in [0.2, 0.25) is 5.02 Å². The fourth-order valence-electron chi connectivity index (χ4n) is 3.81. The molecule has 0 aliphatic heterocycles. The van der Waals surface area contributed by atoms with Crippen molar-refractivity contribution >= 4 is 34.1 Å². The third-order valence-electron chi connectivity index (χ3n) is 5.53. The number of aliphatic hydroxyl groups excluding tert-OH is 1. The van der Waals surface area contributed by atoms with Crippen molar-refractivity contribution in [2.45, 2.75) is 12.6 Å². The molecule has 0 saturated heterocycles. The van der Waals surface area contributed by atoms with E-state index in [4.69, 9.17) is 17.3 Å². The minimum atomic E-state index is -1.24. The van der Waals surface area contributed by atoms with Gasteiger partial charge in [0, 0.05) is 0 Å². The lowest BCUT2D eigenvalue weighted by molar-refractivity contribution is 0.200. The number of fused-ring (bicyclic) bond motifs is 1. The highest BCUT2D eigenvalue weighted by molar-refractivity contribution is 6.35. The number of aliphatic hydroxyl groups is 1. The lowest BCUT2D eigenvalue weighted by Crippen LogP contribution is -2.30. The van der Waals surface area contributed by atoms with Crippen LogP contribution in [0.3, 0.4) is 0 Å². The van der Waals surface area contributed by atoms with E-state index in [9.17, 15) is 14.3 Å². The number of nitrogen functional groups attached to an aromatic ring is 1. The molecule has 5 rings (SSSR count). The van der Waals surface area contributed by atoms with Crippen LogP contribution in [0, 0.1) is 17.7 Å². The second kappa shape index (κ2) is 10.6. The molecule has 0 bridgehead atoms. The average molecular weight is 528 g/mol. The number of aromatic nitrogens is 5. The van der Waals surface area contributed by atoms with Crippen LogP contribution in [-0.2, 0) is 6.42 Å².